The third-order valence-electron chi connectivity index (χ3n) is 4.02. The Morgan fingerprint density at radius 2 is 1.90 bits per heavy atom. The van der Waals surface area contributed by atoms with Gasteiger partial charge in [-0.05, 0) is 13.3 Å². The van der Waals surface area contributed by atoms with Gasteiger partial charge in [0.25, 0.3) is 0 Å². The molecular formula is C15H29N3O3. The summed E-state index contributed by atoms with van der Waals surface area (Å²) in [6, 6.07) is -0.0791. The zero-order valence-electron chi connectivity index (χ0n) is 13.6. The number of ether oxygens (including phenoxy) is 1. The first-order valence-electron chi connectivity index (χ1n) is 7.89. The number of hydrogen-bond acceptors (Lipinski definition) is 5. The number of carbonyl (C=O) groups is 2. The van der Waals surface area contributed by atoms with Gasteiger partial charge < -0.3 is 15.0 Å². The van der Waals surface area contributed by atoms with Crippen molar-refractivity contribution in [2.24, 2.45) is 0 Å². The minimum absolute atomic E-state index is 0.0791. The maximum atomic E-state index is 12.0. The maximum absolute atomic E-state index is 12.0. The van der Waals surface area contributed by atoms with Gasteiger partial charge in [-0.2, -0.15) is 0 Å². The fourth-order valence-electron chi connectivity index (χ4n) is 2.43. The predicted octanol–water partition coefficient (Wildman–Crippen LogP) is 0.472. The SMILES string of the molecule is CCCCNC(=O)C(C)N1CCN(CCC(=O)OC)CC1. The molecule has 0 bridgehead atoms. The van der Waals surface area contributed by atoms with E-state index in [0.29, 0.717) is 6.42 Å². The smallest absolute Gasteiger partial charge is 0.306 e. The molecule has 6 nitrogen and oxygen atoms in total. The van der Waals surface area contributed by atoms with Gasteiger partial charge in [-0.15, -0.1) is 0 Å². The van der Waals surface area contributed by atoms with E-state index < -0.39 is 0 Å². The molecule has 0 aromatic carbocycles. The first kappa shape index (κ1) is 17.9. The first-order chi connectivity index (χ1) is 10.1. The van der Waals surface area contributed by atoms with Gasteiger partial charge in [0.2, 0.25) is 5.91 Å². The number of rotatable bonds is 8. The zero-order chi connectivity index (χ0) is 15.7. The number of amides is 1. The Hall–Kier alpha value is -1.14. The lowest BCUT2D eigenvalue weighted by Gasteiger charge is -2.37. The van der Waals surface area contributed by atoms with Gasteiger partial charge >= 0.3 is 5.97 Å². The average molecular weight is 299 g/mol. The summed E-state index contributed by atoms with van der Waals surface area (Å²) in [6.07, 6.45) is 2.55. The summed E-state index contributed by atoms with van der Waals surface area (Å²) >= 11 is 0. The summed E-state index contributed by atoms with van der Waals surface area (Å²) in [5.41, 5.74) is 0. The van der Waals surface area contributed by atoms with E-state index in [4.69, 9.17) is 0 Å². The Morgan fingerprint density at radius 1 is 1.24 bits per heavy atom. The minimum atomic E-state index is -0.166. The summed E-state index contributed by atoms with van der Waals surface area (Å²) in [5.74, 6) is -0.0486. The van der Waals surface area contributed by atoms with Crippen LogP contribution in [0.2, 0.25) is 0 Å². The van der Waals surface area contributed by atoms with Crippen LogP contribution in [0.3, 0.4) is 0 Å². The number of carbonyl (C=O) groups excluding carboxylic acids is 2. The Labute approximate surface area is 127 Å². The number of unbranched alkanes of at least 4 members (excludes halogenated alkanes) is 1. The summed E-state index contributed by atoms with van der Waals surface area (Å²) < 4.78 is 4.65. The van der Waals surface area contributed by atoms with Crippen molar-refractivity contribution in [3.05, 3.63) is 0 Å². The lowest BCUT2D eigenvalue weighted by Crippen LogP contribution is -2.54. The van der Waals surface area contributed by atoms with Crippen LogP contribution < -0.4 is 5.32 Å². The van der Waals surface area contributed by atoms with Crippen molar-refractivity contribution >= 4 is 11.9 Å². The van der Waals surface area contributed by atoms with Crippen LogP contribution >= 0.6 is 0 Å². The van der Waals surface area contributed by atoms with Crippen LogP contribution in [0.25, 0.3) is 0 Å². The van der Waals surface area contributed by atoms with Crippen molar-refractivity contribution in [1.82, 2.24) is 15.1 Å². The standard InChI is InChI=1S/C15H29N3O3/c1-4-5-7-16-15(20)13(2)18-11-9-17(10-12-18)8-6-14(19)21-3/h13H,4-12H2,1-3H3,(H,16,20). The summed E-state index contributed by atoms with van der Waals surface area (Å²) in [5, 5.41) is 2.98. The first-order valence-corrected chi connectivity index (χ1v) is 7.89. The monoisotopic (exact) mass is 299 g/mol. The summed E-state index contributed by atoms with van der Waals surface area (Å²) in [7, 11) is 1.42. The second-order valence-corrected chi connectivity index (χ2v) is 5.52. The van der Waals surface area contributed by atoms with Gasteiger partial charge in [-0.3, -0.25) is 14.5 Å². The zero-order valence-corrected chi connectivity index (χ0v) is 13.6. The largest absolute Gasteiger partial charge is 0.469 e. The summed E-state index contributed by atoms with van der Waals surface area (Å²) in [4.78, 5) is 27.6. The molecular weight excluding hydrogens is 270 g/mol. The predicted molar refractivity (Wildman–Crippen MR) is 82.0 cm³/mol. The van der Waals surface area contributed by atoms with Gasteiger partial charge in [0.05, 0.1) is 19.6 Å². The van der Waals surface area contributed by atoms with Gasteiger partial charge in [-0.1, -0.05) is 13.3 Å². The maximum Gasteiger partial charge on any atom is 0.306 e. The van der Waals surface area contributed by atoms with Crippen LogP contribution in [0, 0.1) is 0 Å². The van der Waals surface area contributed by atoms with Crippen molar-refractivity contribution in [3.63, 3.8) is 0 Å². The topological polar surface area (TPSA) is 61.9 Å². The van der Waals surface area contributed by atoms with E-state index in [1.165, 1.54) is 7.11 Å². The fraction of sp³-hybridized carbons (Fsp3) is 0.867. The van der Waals surface area contributed by atoms with Crippen molar-refractivity contribution < 1.29 is 14.3 Å². The number of hydrogen-bond donors (Lipinski definition) is 1. The molecule has 0 spiro atoms. The number of nitrogens with one attached hydrogen (secondary N) is 1. The molecule has 1 saturated heterocycles. The lowest BCUT2D eigenvalue weighted by molar-refractivity contribution is -0.141. The van der Waals surface area contributed by atoms with E-state index in [-0.39, 0.29) is 17.9 Å². The molecule has 0 saturated carbocycles. The van der Waals surface area contributed by atoms with Crippen LogP contribution in [0.4, 0.5) is 0 Å². The highest BCUT2D eigenvalue weighted by atomic mass is 16.5. The number of nitrogens with zero attached hydrogens (tertiary/aromatic N) is 2. The molecule has 6 heteroatoms. The third-order valence-corrected chi connectivity index (χ3v) is 4.02. The van der Waals surface area contributed by atoms with E-state index in [2.05, 4.69) is 26.8 Å². The highest BCUT2D eigenvalue weighted by Gasteiger charge is 2.25. The molecule has 1 aliphatic rings. The number of piperazine rings is 1. The highest BCUT2D eigenvalue weighted by molar-refractivity contribution is 5.81. The molecule has 1 aliphatic heterocycles. The van der Waals surface area contributed by atoms with Gasteiger partial charge in [0.15, 0.2) is 0 Å². The van der Waals surface area contributed by atoms with Crippen LogP contribution in [0.1, 0.15) is 33.1 Å². The van der Waals surface area contributed by atoms with E-state index >= 15 is 0 Å². The van der Waals surface area contributed by atoms with Crippen LogP contribution in [0.5, 0.6) is 0 Å². The van der Waals surface area contributed by atoms with Gasteiger partial charge in [-0.25, -0.2) is 0 Å². The third kappa shape index (κ3) is 6.44. The quantitative estimate of drug-likeness (QED) is 0.521. The molecule has 1 amide bonds. The Bertz CT molecular complexity index is 328. The van der Waals surface area contributed by atoms with Crippen molar-refractivity contribution in [2.45, 2.75) is 39.2 Å². The van der Waals surface area contributed by atoms with Gasteiger partial charge in [0.1, 0.15) is 0 Å². The molecule has 0 aromatic heterocycles. The Kier molecular flexibility index (Phi) is 8.30. The minimum Gasteiger partial charge on any atom is -0.469 e. The lowest BCUT2D eigenvalue weighted by atomic mass is 10.2. The van der Waals surface area contributed by atoms with Crippen molar-refractivity contribution in [3.8, 4) is 0 Å². The molecule has 0 radical (unpaired) electrons. The average Bonchev–Trinajstić information content (AvgIpc) is 2.52. The summed E-state index contributed by atoms with van der Waals surface area (Å²) in [6.45, 7) is 9.09. The van der Waals surface area contributed by atoms with Crippen LogP contribution in [0.15, 0.2) is 0 Å². The molecule has 1 N–H and O–H groups in total. The van der Waals surface area contributed by atoms with Crippen LogP contribution in [-0.4, -0.2) is 74.1 Å². The molecule has 1 heterocycles. The molecule has 1 fully saturated rings. The molecule has 1 atom stereocenters. The normalized spacial score (nSPS) is 18.2. The highest BCUT2D eigenvalue weighted by Crippen LogP contribution is 2.07. The van der Waals surface area contributed by atoms with E-state index in [1.807, 2.05) is 6.92 Å². The number of esters is 1. The van der Waals surface area contributed by atoms with Crippen LogP contribution in [-0.2, 0) is 14.3 Å². The molecule has 122 valence electrons. The Balaban J connectivity index is 2.25. The molecule has 0 aromatic rings. The molecule has 1 unspecified atom stereocenters. The molecule has 21 heavy (non-hydrogen) atoms. The van der Waals surface area contributed by atoms with Crippen molar-refractivity contribution in [1.29, 1.82) is 0 Å². The van der Waals surface area contributed by atoms with E-state index in [9.17, 15) is 9.59 Å². The second-order valence-electron chi connectivity index (χ2n) is 5.52. The van der Waals surface area contributed by atoms with E-state index in [1.54, 1.807) is 0 Å². The Morgan fingerprint density at radius 3 is 2.48 bits per heavy atom. The molecule has 1 rings (SSSR count). The number of methoxy groups -OCH3 is 1. The fourth-order valence-corrected chi connectivity index (χ4v) is 2.43. The molecule has 0 aliphatic carbocycles. The van der Waals surface area contributed by atoms with Crippen molar-refractivity contribution in [2.75, 3.05) is 46.4 Å². The van der Waals surface area contributed by atoms with Gasteiger partial charge in [0, 0.05) is 39.3 Å². The second kappa shape index (κ2) is 9.73. The van der Waals surface area contributed by atoms with E-state index in [0.717, 1.165) is 52.1 Å².